The largest absolute Gasteiger partial charge is 0.497 e. The van der Waals surface area contributed by atoms with E-state index in [2.05, 4.69) is 20.8 Å². The second-order valence-corrected chi connectivity index (χ2v) is 7.33. The predicted octanol–water partition coefficient (Wildman–Crippen LogP) is 2.95. The van der Waals surface area contributed by atoms with Gasteiger partial charge in [0.1, 0.15) is 11.0 Å². The fraction of sp³-hybridized carbons (Fsp3) is 0.200. The zero-order valence-corrected chi connectivity index (χ0v) is 16.3. The van der Waals surface area contributed by atoms with Gasteiger partial charge >= 0.3 is 0 Å². The van der Waals surface area contributed by atoms with Crippen molar-refractivity contribution in [1.29, 1.82) is 0 Å². The van der Waals surface area contributed by atoms with Crippen molar-refractivity contribution in [2.75, 3.05) is 12.4 Å². The lowest BCUT2D eigenvalue weighted by molar-refractivity contribution is -0.122. The highest BCUT2D eigenvalue weighted by Crippen LogP contribution is 2.23. The van der Waals surface area contributed by atoms with Crippen LogP contribution in [0.15, 0.2) is 58.7 Å². The molecule has 8 heteroatoms. The van der Waals surface area contributed by atoms with Crippen LogP contribution in [-0.2, 0) is 9.59 Å². The van der Waals surface area contributed by atoms with Crippen molar-refractivity contribution in [3.05, 3.63) is 59.7 Å². The van der Waals surface area contributed by atoms with E-state index in [9.17, 15) is 9.59 Å². The molecule has 0 spiro atoms. The van der Waals surface area contributed by atoms with Gasteiger partial charge in [-0.2, -0.15) is 5.10 Å². The molecule has 2 aromatic carbocycles. The third-order valence-electron chi connectivity index (χ3n) is 3.95. The molecule has 1 saturated heterocycles. The molecule has 1 heterocycles. The molecular weight excluding hydrogens is 376 g/mol. The molecule has 0 radical (unpaired) electrons. The number of hydrogen-bond acceptors (Lipinski definition) is 6. The van der Waals surface area contributed by atoms with Crippen molar-refractivity contribution < 1.29 is 14.3 Å². The van der Waals surface area contributed by atoms with E-state index in [0.29, 0.717) is 10.9 Å². The Hall–Kier alpha value is -3.13. The van der Waals surface area contributed by atoms with Gasteiger partial charge in [0.2, 0.25) is 11.8 Å². The number of anilines is 1. The number of carbonyl (C=O) groups is 2. The summed E-state index contributed by atoms with van der Waals surface area (Å²) in [6.45, 7) is 1.98. The van der Waals surface area contributed by atoms with Crippen LogP contribution < -0.4 is 15.4 Å². The highest BCUT2D eigenvalue weighted by atomic mass is 32.2. The average Bonchev–Trinajstić information content (AvgIpc) is 3.03. The Morgan fingerprint density at radius 3 is 2.61 bits per heavy atom. The molecule has 2 N–H and O–H groups in total. The second-order valence-electron chi connectivity index (χ2n) is 6.14. The fourth-order valence-electron chi connectivity index (χ4n) is 2.44. The van der Waals surface area contributed by atoms with E-state index in [1.54, 1.807) is 13.3 Å². The first kappa shape index (κ1) is 19.6. The highest BCUT2D eigenvalue weighted by Gasteiger charge is 2.32. The van der Waals surface area contributed by atoms with Crippen LogP contribution in [0, 0.1) is 6.92 Å². The molecule has 3 rings (SSSR count). The van der Waals surface area contributed by atoms with Crippen molar-refractivity contribution in [2.24, 2.45) is 10.2 Å². The van der Waals surface area contributed by atoms with Crippen LogP contribution in [0.5, 0.6) is 5.75 Å². The number of rotatable bonds is 6. The van der Waals surface area contributed by atoms with E-state index in [-0.39, 0.29) is 18.2 Å². The third kappa shape index (κ3) is 5.43. The number of amides is 2. The molecule has 0 saturated carbocycles. The summed E-state index contributed by atoms with van der Waals surface area (Å²) in [5.41, 5.74) is 2.67. The first-order chi connectivity index (χ1) is 13.5. The van der Waals surface area contributed by atoms with Gasteiger partial charge < -0.3 is 15.4 Å². The number of nitrogens with one attached hydrogen (secondary N) is 2. The summed E-state index contributed by atoms with van der Waals surface area (Å²) in [6, 6.07) is 14.8. The maximum Gasteiger partial charge on any atom is 0.240 e. The minimum atomic E-state index is -0.527. The summed E-state index contributed by atoms with van der Waals surface area (Å²) in [5.74, 6) is 0.288. The number of methoxy groups -OCH3 is 1. The molecule has 1 aliphatic heterocycles. The van der Waals surface area contributed by atoms with Crippen molar-refractivity contribution in [3.8, 4) is 5.75 Å². The zero-order valence-electron chi connectivity index (χ0n) is 15.5. The zero-order chi connectivity index (χ0) is 19.9. The van der Waals surface area contributed by atoms with Gasteiger partial charge in [-0.25, -0.2) is 0 Å². The number of thioether (sulfide) groups is 1. The molecule has 0 bridgehead atoms. The summed E-state index contributed by atoms with van der Waals surface area (Å²) in [6.07, 6.45) is 1.64. The molecule has 0 aliphatic carbocycles. The number of benzene rings is 2. The lowest BCUT2D eigenvalue weighted by Gasteiger charge is -2.07. The van der Waals surface area contributed by atoms with Crippen molar-refractivity contribution in [2.45, 2.75) is 18.6 Å². The van der Waals surface area contributed by atoms with Gasteiger partial charge in [-0.15, -0.1) is 5.10 Å². The first-order valence-corrected chi connectivity index (χ1v) is 9.50. The van der Waals surface area contributed by atoms with Crippen LogP contribution >= 0.6 is 11.8 Å². The number of hydrogen-bond donors (Lipinski definition) is 2. The summed E-state index contributed by atoms with van der Waals surface area (Å²) < 4.78 is 5.10. The van der Waals surface area contributed by atoms with Crippen molar-refractivity contribution >= 4 is 40.6 Å². The summed E-state index contributed by atoms with van der Waals surface area (Å²) in [4.78, 5) is 24.2. The molecule has 28 heavy (non-hydrogen) atoms. The molecule has 2 amide bonds. The van der Waals surface area contributed by atoms with E-state index in [1.165, 1.54) is 11.8 Å². The molecule has 144 valence electrons. The van der Waals surface area contributed by atoms with E-state index in [4.69, 9.17) is 4.74 Å². The molecule has 0 aromatic heterocycles. The average molecular weight is 396 g/mol. The molecule has 1 atom stereocenters. The monoisotopic (exact) mass is 396 g/mol. The number of aryl methyl sites for hydroxylation is 1. The van der Waals surface area contributed by atoms with Crippen molar-refractivity contribution in [3.63, 3.8) is 0 Å². The van der Waals surface area contributed by atoms with Crippen LogP contribution in [0.1, 0.15) is 17.5 Å². The summed E-state index contributed by atoms with van der Waals surface area (Å²) in [7, 11) is 1.60. The number of ether oxygens (including phenoxy) is 1. The lowest BCUT2D eigenvalue weighted by Crippen LogP contribution is -2.28. The van der Waals surface area contributed by atoms with Crippen LogP contribution in [0.2, 0.25) is 0 Å². The first-order valence-electron chi connectivity index (χ1n) is 8.62. The fourth-order valence-corrected chi connectivity index (χ4v) is 3.37. The quantitative estimate of drug-likeness (QED) is 0.580. The maximum atomic E-state index is 12.2. The topological polar surface area (TPSA) is 92.2 Å². The number of nitrogens with zero attached hydrogens (tertiary/aromatic N) is 2. The number of amidine groups is 1. The van der Waals surface area contributed by atoms with Gasteiger partial charge in [0.05, 0.1) is 13.3 Å². The van der Waals surface area contributed by atoms with Crippen LogP contribution in [0.3, 0.4) is 0 Å². The van der Waals surface area contributed by atoms with E-state index in [1.807, 2.05) is 55.5 Å². The third-order valence-corrected chi connectivity index (χ3v) is 5.03. The molecular formula is C20H20N4O3S. The Morgan fingerprint density at radius 2 is 1.93 bits per heavy atom. The molecule has 1 fully saturated rings. The Labute approximate surface area is 167 Å². The maximum absolute atomic E-state index is 12.2. The molecule has 2 aromatic rings. The van der Waals surface area contributed by atoms with Crippen LogP contribution in [0.4, 0.5) is 5.69 Å². The standard InChI is InChI=1S/C20H20N4O3S/c1-13-3-7-15(8-4-13)22-18(25)11-17-19(26)23-20(28-17)24-21-12-14-5-9-16(27-2)10-6-14/h3-10,12,17H,11H2,1-2H3,(H,22,25)(H,23,24,26)/b21-12-/t17-/m0/s1. The van der Waals surface area contributed by atoms with Gasteiger partial charge in [-0.1, -0.05) is 29.5 Å². The van der Waals surface area contributed by atoms with Gasteiger partial charge in [-0.3, -0.25) is 9.59 Å². The van der Waals surface area contributed by atoms with Gasteiger partial charge in [0.15, 0.2) is 5.17 Å². The van der Waals surface area contributed by atoms with Crippen molar-refractivity contribution in [1.82, 2.24) is 5.32 Å². The Balaban J connectivity index is 1.53. The van der Waals surface area contributed by atoms with Gasteiger partial charge in [0.25, 0.3) is 0 Å². The Kier molecular flexibility index (Phi) is 6.44. The molecule has 0 unspecified atom stereocenters. The lowest BCUT2D eigenvalue weighted by atomic mass is 10.2. The minimum absolute atomic E-state index is 0.0611. The van der Waals surface area contributed by atoms with Gasteiger partial charge in [-0.05, 0) is 48.9 Å². The Bertz CT molecular complexity index is 908. The summed E-state index contributed by atoms with van der Waals surface area (Å²) in [5, 5.41) is 13.3. The number of carbonyl (C=O) groups excluding carboxylic acids is 2. The van der Waals surface area contributed by atoms with E-state index >= 15 is 0 Å². The minimum Gasteiger partial charge on any atom is -0.497 e. The van der Waals surface area contributed by atoms with E-state index < -0.39 is 5.25 Å². The Morgan fingerprint density at radius 1 is 1.21 bits per heavy atom. The van der Waals surface area contributed by atoms with Gasteiger partial charge in [0, 0.05) is 12.1 Å². The van der Waals surface area contributed by atoms with Crippen LogP contribution in [-0.4, -0.2) is 35.6 Å². The van der Waals surface area contributed by atoms with Crippen LogP contribution in [0.25, 0.3) is 0 Å². The summed E-state index contributed by atoms with van der Waals surface area (Å²) >= 11 is 1.20. The highest BCUT2D eigenvalue weighted by molar-refractivity contribution is 8.15. The predicted molar refractivity (Wildman–Crippen MR) is 112 cm³/mol. The SMILES string of the molecule is COc1ccc(/C=N\N=C2/NC(=O)[C@H](CC(=O)Nc3ccc(C)cc3)S2)cc1. The second kappa shape index (κ2) is 9.18. The van der Waals surface area contributed by atoms with E-state index in [0.717, 1.165) is 16.9 Å². The molecule has 7 nitrogen and oxygen atoms in total. The smallest absolute Gasteiger partial charge is 0.240 e. The molecule has 1 aliphatic rings. The normalized spacial score (nSPS) is 17.7.